The minimum absolute atomic E-state index is 0.152. The van der Waals surface area contributed by atoms with Crippen molar-refractivity contribution >= 4 is 17.6 Å². The fourth-order valence-corrected chi connectivity index (χ4v) is 3.16. The third kappa shape index (κ3) is 2.04. The van der Waals surface area contributed by atoms with Crippen molar-refractivity contribution in [2.24, 2.45) is 0 Å². The SMILES string of the molecule is COc1ccc2c(c1)C(=O)[C@@H](NN1C(=O)c3ccccc3C1=O)C2. The zero-order valence-corrected chi connectivity index (χ0v) is 12.9. The fourth-order valence-electron chi connectivity index (χ4n) is 3.16. The molecule has 0 saturated carbocycles. The van der Waals surface area contributed by atoms with Gasteiger partial charge in [0.15, 0.2) is 5.78 Å². The molecule has 6 nitrogen and oxygen atoms in total. The summed E-state index contributed by atoms with van der Waals surface area (Å²) in [5.41, 5.74) is 4.93. The molecule has 0 bridgehead atoms. The summed E-state index contributed by atoms with van der Waals surface area (Å²) >= 11 is 0. The summed E-state index contributed by atoms with van der Waals surface area (Å²) in [6, 6.07) is 11.3. The van der Waals surface area contributed by atoms with Crippen LogP contribution in [0.1, 0.15) is 36.6 Å². The Balaban J connectivity index is 1.59. The molecule has 0 fully saturated rings. The first-order valence-corrected chi connectivity index (χ1v) is 7.55. The minimum Gasteiger partial charge on any atom is -0.497 e. The highest BCUT2D eigenvalue weighted by Gasteiger charge is 2.40. The molecule has 2 aromatic carbocycles. The molecule has 0 radical (unpaired) electrons. The van der Waals surface area contributed by atoms with Gasteiger partial charge in [0.2, 0.25) is 0 Å². The number of rotatable bonds is 3. The largest absolute Gasteiger partial charge is 0.497 e. The van der Waals surface area contributed by atoms with E-state index in [1.165, 1.54) is 7.11 Å². The smallest absolute Gasteiger partial charge is 0.276 e. The number of methoxy groups -OCH3 is 1. The second-order valence-electron chi connectivity index (χ2n) is 5.76. The number of imide groups is 1. The number of Topliss-reactive ketones (excluding diaryl/α,β-unsaturated/α-hetero) is 1. The lowest BCUT2D eigenvalue weighted by Gasteiger charge is -2.19. The number of nitrogens with one attached hydrogen (secondary N) is 1. The summed E-state index contributed by atoms with van der Waals surface area (Å²) in [7, 11) is 1.54. The van der Waals surface area contributed by atoms with Crippen molar-refractivity contribution in [2.75, 3.05) is 7.11 Å². The maximum Gasteiger partial charge on any atom is 0.276 e. The molecule has 0 unspecified atom stereocenters. The van der Waals surface area contributed by atoms with E-state index in [4.69, 9.17) is 4.74 Å². The van der Waals surface area contributed by atoms with Gasteiger partial charge in [-0.25, -0.2) is 10.4 Å². The highest BCUT2D eigenvalue weighted by molar-refractivity contribution is 6.21. The lowest BCUT2D eigenvalue weighted by molar-refractivity contribution is 0.0529. The van der Waals surface area contributed by atoms with E-state index in [0.717, 1.165) is 10.6 Å². The van der Waals surface area contributed by atoms with Gasteiger partial charge < -0.3 is 4.74 Å². The number of hydrogen-bond acceptors (Lipinski definition) is 5. The van der Waals surface area contributed by atoms with E-state index in [1.54, 1.807) is 36.4 Å². The van der Waals surface area contributed by atoms with Crippen LogP contribution in [0, 0.1) is 0 Å². The van der Waals surface area contributed by atoms with Gasteiger partial charge in [-0.3, -0.25) is 14.4 Å². The van der Waals surface area contributed by atoms with Gasteiger partial charge in [-0.05, 0) is 36.2 Å². The number of ether oxygens (including phenoxy) is 1. The average Bonchev–Trinajstić information content (AvgIpc) is 3.05. The van der Waals surface area contributed by atoms with Crippen LogP contribution in [-0.2, 0) is 6.42 Å². The number of ketones is 1. The predicted octanol–water partition coefficient (Wildman–Crippen LogP) is 1.60. The van der Waals surface area contributed by atoms with Crippen molar-refractivity contribution in [3.63, 3.8) is 0 Å². The van der Waals surface area contributed by atoms with Crippen molar-refractivity contribution in [3.8, 4) is 5.75 Å². The van der Waals surface area contributed by atoms with Crippen molar-refractivity contribution in [2.45, 2.75) is 12.5 Å². The van der Waals surface area contributed by atoms with Crippen LogP contribution in [0.15, 0.2) is 42.5 Å². The molecule has 120 valence electrons. The van der Waals surface area contributed by atoms with Crippen LogP contribution in [0.2, 0.25) is 0 Å². The summed E-state index contributed by atoms with van der Waals surface area (Å²) in [5, 5.41) is 0.941. The molecule has 2 aromatic rings. The molecular weight excluding hydrogens is 308 g/mol. The molecular formula is C18H14N2O4. The van der Waals surface area contributed by atoms with Crippen LogP contribution in [0.25, 0.3) is 0 Å². The van der Waals surface area contributed by atoms with Crippen LogP contribution in [0.3, 0.4) is 0 Å². The van der Waals surface area contributed by atoms with Gasteiger partial charge in [0, 0.05) is 5.56 Å². The van der Waals surface area contributed by atoms with Crippen molar-refractivity contribution < 1.29 is 19.1 Å². The minimum atomic E-state index is -0.644. The Morgan fingerprint density at radius 3 is 2.29 bits per heavy atom. The molecule has 1 aliphatic heterocycles. The Bertz CT molecular complexity index is 855. The monoisotopic (exact) mass is 322 g/mol. The number of hydrogen-bond donors (Lipinski definition) is 1. The van der Waals surface area contributed by atoms with E-state index < -0.39 is 17.9 Å². The van der Waals surface area contributed by atoms with Gasteiger partial charge in [-0.1, -0.05) is 18.2 Å². The van der Waals surface area contributed by atoms with Crippen LogP contribution in [-0.4, -0.2) is 35.8 Å². The molecule has 1 atom stereocenters. The standard InChI is InChI=1S/C18H14N2O4/c1-24-11-7-6-10-8-15(16(21)14(10)9-11)19-20-17(22)12-4-2-3-5-13(12)18(20)23/h2-7,9,15,19H,8H2,1H3/t15-/m0/s1. The van der Waals surface area contributed by atoms with E-state index in [0.29, 0.717) is 28.9 Å². The molecule has 1 heterocycles. The normalized spacial score (nSPS) is 18.8. The van der Waals surface area contributed by atoms with Crippen LogP contribution in [0.5, 0.6) is 5.75 Å². The van der Waals surface area contributed by atoms with Gasteiger partial charge in [0.1, 0.15) is 5.75 Å². The highest BCUT2D eigenvalue weighted by Crippen LogP contribution is 2.28. The van der Waals surface area contributed by atoms with Crippen LogP contribution < -0.4 is 10.2 Å². The summed E-state index contributed by atoms with van der Waals surface area (Å²) in [5.74, 6) is -0.419. The molecule has 0 aromatic heterocycles. The number of carbonyl (C=O) groups excluding carboxylic acids is 3. The maximum atomic E-state index is 12.6. The van der Waals surface area contributed by atoms with Gasteiger partial charge in [-0.2, -0.15) is 0 Å². The molecule has 1 N–H and O–H groups in total. The number of hydrazine groups is 1. The zero-order chi connectivity index (χ0) is 16.8. The lowest BCUT2D eigenvalue weighted by Crippen LogP contribution is -2.50. The molecule has 4 rings (SSSR count). The summed E-state index contributed by atoms with van der Waals surface area (Å²) < 4.78 is 5.14. The van der Waals surface area contributed by atoms with E-state index in [-0.39, 0.29) is 5.78 Å². The first kappa shape index (κ1) is 14.6. The number of fused-ring (bicyclic) bond motifs is 2. The first-order valence-electron chi connectivity index (χ1n) is 7.55. The highest BCUT2D eigenvalue weighted by atomic mass is 16.5. The van der Waals surface area contributed by atoms with Crippen LogP contribution in [0.4, 0.5) is 0 Å². The lowest BCUT2D eigenvalue weighted by atomic mass is 10.1. The Labute approximate surface area is 138 Å². The third-order valence-corrected chi connectivity index (χ3v) is 4.40. The topological polar surface area (TPSA) is 75.7 Å². The van der Waals surface area contributed by atoms with Gasteiger partial charge in [-0.15, -0.1) is 0 Å². The second kappa shape index (κ2) is 5.28. The molecule has 0 saturated heterocycles. The van der Waals surface area contributed by atoms with Gasteiger partial charge in [0.25, 0.3) is 11.8 Å². The van der Waals surface area contributed by atoms with E-state index in [1.807, 2.05) is 6.07 Å². The Morgan fingerprint density at radius 1 is 1.00 bits per heavy atom. The zero-order valence-electron chi connectivity index (χ0n) is 12.9. The van der Waals surface area contributed by atoms with Crippen molar-refractivity contribution in [3.05, 3.63) is 64.7 Å². The number of nitrogens with zero attached hydrogens (tertiary/aromatic N) is 1. The van der Waals surface area contributed by atoms with Gasteiger partial charge in [0.05, 0.1) is 24.3 Å². The molecule has 2 amide bonds. The summed E-state index contributed by atoms with van der Waals surface area (Å²) in [6.45, 7) is 0. The van der Waals surface area contributed by atoms with Crippen molar-refractivity contribution in [1.82, 2.24) is 10.4 Å². The number of amides is 2. The van der Waals surface area contributed by atoms with E-state index >= 15 is 0 Å². The fraction of sp³-hybridized carbons (Fsp3) is 0.167. The predicted molar refractivity (Wildman–Crippen MR) is 84.9 cm³/mol. The molecule has 1 aliphatic carbocycles. The molecule has 2 aliphatic rings. The third-order valence-electron chi connectivity index (χ3n) is 4.40. The molecule has 6 heteroatoms. The van der Waals surface area contributed by atoms with Crippen molar-refractivity contribution in [1.29, 1.82) is 0 Å². The molecule has 0 spiro atoms. The maximum absolute atomic E-state index is 12.6. The van der Waals surface area contributed by atoms with E-state index in [2.05, 4.69) is 5.43 Å². The second-order valence-corrected chi connectivity index (χ2v) is 5.76. The average molecular weight is 322 g/mol. The Hall–Kier alpha value is -2.99. The van der Waals surface area contributed by atoms with E-state index in [9.17, 15) is 14.4 Å². The number of carbonyl (C=O) groups is 3. The van der Waals surface area contributed by atoms with Gasteiger partial charge >= 0.3 is 0 Å². The quantitative estimate of drug-likeness (QED) is 0.869. The molecule has 24 heavy (non-hydrogen) atoms. The summed E-state index contributed by atoms with van der Waals surface area (Å²) in [4.78, 5) is 37.3. The summed E-state index contributed by atoms with van der Waals surface area (Å²) in [6.07, 6.45) is 0.422. The number of benzene rings is 2. The Kier molecular flexibility index (Phi) is 3.21. The first-order chi connectivity index (χ1) is 11.6. The van der Waals surface area contributed by atoms with Crippen LogP contribution >= 0.6 is 0 Å². The Morgan fingerprint density at radius 2 is 1.67 bits per heavy atom.